The van der Waals surface area contributed by atoms with Crippen LogP contribution >= 0.6 is 0 Å². The Morgan fingerprint density at radius 3 is 3.00 bits per heavy atom. The molecule has 1 aliphatic heterocycles. The first kappa shape index (κ1) is 11.3. The summed E-state index contributed by atoms with van der Waals surface area (Å²) in [4.78, 5) is 0. The van der Waals surface area contributed by atoms with E-state index in [2.05, 4.69) is 28.6 Å². The number of nitrogens with zero attached hydrogens (tertiary/aromatic N) is 2. The van der Waals surface area contributed by atoms with E-state index in [4.69, 9.17) is 4.74 Å². The topological polar surface area (TPSA) is 39.1 Å². The molecule has 0 bridgehead atoms. The van der Waals surface area contributed by atoms with Crippen molar-refractivity contribution in [1.82, 2.24) is 15.1 Å². The van der Waals surface area contributed by atoms with Crippen molar-refractivity contribution in [2.24, 2.45) is 7.05 Å². The molecule has 0 fully saturated rings. The van der Waals surface area contributed by atoms with Gasteiger partial charge in [-0.05, 0) is 18.7 Å². The summed E-state index contributed by atoms with van der Waals surface area (Å²) in [5.41, 5.74) is 3.63. The first-order chi connectivity index (χ1) is 8.81. The molecule has 2 aromatic rings. The van der Waals surface area contributed by atoms with Crippen LogP contribution in [-0.2, 0) is 13.5 Å². The van der Waals surface area contributed by atoms with Crippen LogP contribution in [0.15, 0.2) is 30.5 Å². The van der Waals surface area contributed by atoms with Gasteiger partial charge in [-0.25, -0.2) is 0 Å². The fourth-order valence-electron chi connectivity index (χ4n) is 2.60. The number of ether oxygens (including phenoxy) is 1. The van der Waals surface area contributed by atoms with Gasteiger partial charge < -0.3 is 10.1 Å². The van der Waals surface area contributed by atoms with Crippen molar-refractivity contribution in [2.75, 3.05) is 13.7 Å². The van der Waals surface area contributed by atoms with Crippen LogP contribution in [0.25, 0.3) is 0 Å². The third-order valence-electron chi connectivity index (χ3n) is 3.50. The predicted molar refractivity (Wildman–Crippen MR) is 69.8 cm³/mol. The summed E-state index contributed by atoms with van der Waals surface area (Å²) in [6.45, 7) is 0.786. The van der Waals surface area contributed by atoms with Crippen LogP contribution in [0.3, 0.4) is 0 Å². The Labute approximate surface area is 107 Å². The first-order valence-electron chi connectivity index (χ1n) is 6.21. The highest BCUT2D eigenvalue weighted by Gasteiger charge is 2.23. The Kier molecular flexibility index (Phi) is 2.80. The second-order valence-corrected chi connectivity index (χ2v) is 4.54. The van der Waals surface area contributed by atoms with E-state index in [0.29, 0.717) is 0 Å². The Balaban J connectivity index is 2.08. The molecule has 94 valence electrons. The highest BCUT2D eigenvalue weighted by Crippen LogP contribution is 2.35. The smallest absolute Gasteiger partial charge is 0.127 e. The van der Waals surface area contributed by atoms with Gasteiger partial charge >= 0.3 is 0 Å². The Hall–Kier alpha value is -1.81. The molecule has 0 aliphatic carbocycles. The fraction of sp³-hybridized carbons (Fsp3) is 0.357. The molecule has 1 aliphatic rings. The fourth-order valence-corrected chi connectivity index (χ4v) is 2.60. The molecule has 1 aromatic heterocycles. The van der Waals surface area contributed by atoms with Crippen molar-refractivity contribution in [3.05, 3.63) is 47.3 Å². The zero-order valence-electron chi connectivity index (χ0n) is 10.7. The van der Waals surface area contributed by atoms with Crippen molar-refractivity contribution in [2.45, 2.75) is 12.5 Å². The molecule has 0 spiro atoms. The van der Waals surface area contributed by atoms with Crippen molar-refractivity contribution in [1.29, 1.82) is 0 Å². The summed E-state index contributed by atoms with van der Waals surface area (Å²) in [6.07, 6.45) is 2.83. The first-order valence-corrected chi connectivity index (χ1v) is 6.21. The van der Waals surface area contributed by atoms with Crippen LogP contribution in [0.1, 0.15) is 22.9 Å². The van der Waals surface area contributed by atoms with Crippen LogP contribution in [0.2, 0.25) is 0 Å². The number of aryl methyl sites for hydroxylation is 1. The average molecular weight is 243 g/mol. The van der Waals surface area contributed by atoms with Gasteiger partial charge in [0.2, 0.25) is 0 Å². The number of benzene rings is 1. The van der Waals surface area contributed by atoms with Gasteiger partial charge in [-0.15, -0.1) is 0 Å². The molecule has 4 heteroatoms. The lowest BCUT2D eigenvalue weighted by molar-refractivity contribution is 0.350. The summed E-state index contributed by atoms with van der Waals surface area (Å²) in [6, 6.07) is 8.52. The molecule has 3 rings (SSSR count). The van der Waals surface area contributed by atoms with Crippen molar-refractivity contribution >= 4 is 0 Å². The van der Waals surface area contributed by atoms with E-state index in [1.165, 1.54) is 11.1 Å². The van der Waals surface area contributed by atoms with E-state index in [9.17, 15) is 0 Å². The third-order valence-corrected chi connectivity index (χ3v) is 3.50. The van der Waals surface area contributed by atoms with Gasteiger partial charge in [0.05, 0.1) is 18.3 Å². The van der Waals surface area contributed by atoms with E-state index >= 15 is 0 Å². The van der Waals surface area contributed by atoms with E-state index in [-0.39, 0.29) is 6.04 Å². The number of rotatable bonds is 3. The minimum atomic E-state index is 0.116. The van der Waals surface area contributed by atoms with Gasteiger partial charge in [0.25, 0.3) is 0 Å². The second-order valence-electron chi connectivity index (χ2n) is 4.54. The predicted octanol–water partition coefficient (Wildman–Crippen LogP) is 1.66. The molecule has 1 N–H and O–H groups in total. The van der Waals surface area contributed by atoms with Crippen LogP contribution in [0.4, 0.5) is 0 Å². The van der Waals surface area contributed by atoms with Crippen molar-refractivity contribution < 1.29 is 4.74 Å². The van der Waals surface area contributed by atoms with E-state index in [1.54, 1.807) is 0 Å². The molecular formula is C14H17N3O. The maximum atomic E-state index is 5.78. The highest BCUT2D eigenvalue weighted by molar-refractivity contribution is 5.47. The van der Waals surface area contributed by atoms with Crippen LogP contribution in [0.5, 0.6) is 5.75 Å². The molecule has 1 atom stereocenters. The summed E-state index contributed by atoms with van der Waals surface area (Å²) in [5, 5.41) is 7.59. The Morgan fingerprint density at radius 2 is 2.28 bits per heavy atom. The van der Waals surface area contributed by atoms with Gasteiger partial charge in [0.1, 0.15) is 5.75 Å². The van der Waals surface area contributed by atoms with E-state index in [1.807, 2.05) is 31.0 Å². The van der Waals surface area contributed by atoms with Gasteiger partial charge in [0.15, 0.2) is 0 Å². The number of hydrogen-bond donors (Lipinski definition) is 1. The molecule has 4 nitrogen and oxygen atoms in total. The van der Waals surface area contributed by atoms with E-state index < -0.39 is 0 Å². The number of nitrogens with one attached hydrogen (secondary N) is 1. The monoisotopic (exact) mass is 243 g/mol. The Bertz CT molecular complexity index is 562. The van der Waals surface area contributed by atoms with Crippen molar-refractivity contribution in [3.63, 3.8) is 0 Å². The number of hydrogen-bond acceptors (Lipinski definition) is 3. The van der Waals surface area contributed by atoms with Crippen LogP contribution < -0.4 is 10.1 Å². The van der Waals surface area contributed by atoms with Crippen LogP contribution in [0, 0.1) is 0 Å². The van der Waals surface area contributed by atoms with Gasteiger partial charge in [0, 0.05) is 25.2 Å². The number of para-hydroxylation sites is 1. The maximum absolute atomic E-state index is 5.78. The van der Waals surface area contributed by atoms with Gasteiger partial charge in [-0.2, -0.15) is 5.10 Å². The molecule has 0 amide bonds. The molecule has 0 saturated carbocycles. The Morgan fingerprint density at radius 1 is 1.39 bits per heavy atom. The highest BCUT2D eigenvalue weighted by atomic mass is 16.5. The summed E-state index contributed by atoms with van der Waals surface area (Å²) < 4.78 is 7.68. The standard InChI is InChI=1S/C14H17N3O/c1-15-13(12-6-8-16-17(12)2)11-5-3-4-10-7-9-18-14(10)11/h3-6,8,13,15H,7,9H2,1-2H3. The number of aromatic nitrogens is 2. The van der Waals surface area contributed by atoms with Crippen LogP contribution in [-0.4, -0.2) is 23.4 Å². The molecule has 0 radical (unpaired) electrons. The molecule has 18 heavy (non-hydrogen) atoms. The molecule has 0 saturated heterocycles. The largest absolute Gasteiger partial charge is 0.493 e. The minimum absolute atomic E-state index is 0.116. The quantitative estimate of drug-likeness (QED) is 0.891. The van der Waals surface area contributed by atoms with E-state index in [0.717, 1.165) is 24.5 Å². The zero-order chi connectivity index (χ0) is 12.5. The summed E-state index contributed by atoms with van der Waals surface area (Å²) in [7, 11) is 3.93. The summed E-state index contributed by atoms with van der Waals surface area (Å²) in [5.74, 6) is 1.04. The second kappa shape index (κ2) is 4.46. The molecular weight excluding hydrogens is 226 g/mol. The average Bonchev–Trinajstić information content (AvgIpc) is 3.00. The molecule has 1 unspecified atom stereocenters. The lowest BCUT2D eigenvalue weighted by atomic mass is 9.99. The third kappa shape index (κ3) is 1.69. The molecule has 2 heterocycles. The lowest BCUT2D eigenvalue weighted by Gasteiger charge is -2.19. The zero-order valence-corrected chi connectivity index (χ0v) is 10.7. The van der Waals surface area contributed by atoms with Crippen molar-refractivity contribution in [3.8, 4) is 5.75 Å². The van der Waals surface area contributed by atoms with Gasteiger partial charge in [-0.1, -0.05) is 18.2 Å². The maximum Gasteiger partial charge on any atom is 0.127 e. The summed E-state index contributed by atoms with van der Waals surface area (Å²) >= 11 is 0. The minimum Gasteiger partial charge on any atom is -0.493 e. The van der Waals surface area contributed by atoms with Gasteiger partial charge in [-0.3, -0.25) is 4.68 Å². The number of fused-ring (bicyclic) bond motifs is 1. The lowest BCUT2D eigenvalue weighted by Crippen LogP contribution is -2.21. The SMILES string of the molecule is CNC(c1cccc2c1OCC2)c1ccnn1C. The molecule has 1 aromatic carbocycles. The normalized spacial score (nSPS) is 15.2.